The number of amides is 2. The number of nitrogens with zero attached hydrogens (tertiary/aromatic N) is 2. The van der Waals surface area contributed by atoms with Gasteiger partial charge in [0.1, 0.15) is 11.6 Å². The topological polar surface area (TPSA) is 71.1 Å². The van der Waals surface area contributed by atoms with Crippen LogP contribution >= 0.6 is 0 Å². The van der Waals surface area contributed by atoms with E-state index in [1.54, 1.807) is 17.0 Å². The van der Waals surface area contributed by atoms with Crippen LogP contribution in [-0.2, 0) is 11.3 Å². The molecule has 2 amide bonds. The number of unbranched alkanes of at least 4 members (excludes halogenated alkanes) is 1. The Hall–Kier alpha value is -3.91. The van der Waals surface area contributed by atoms with Crippen molar-refractivity contribution in [1.29, 1.82) is 0 Å². The quantitative estimate of drug-likeness (QED) is 0.185. The van der Waals surface area contributed by atoms with Crippen molar-refractivity contribution < 1.29 is 23.5 Å². The van der Waals surface area contributed by atoms with Crippen molar-refractivity contribution in [2.45, 2.75) is 70.4 Å². The van der Waals surface area contributed by atoms with Gasteiger partial charge in [-0.1, -0.05) is 25.5 Å². The average molecular weight is 600 g/mol. The number of benzene rings is 3. The molecule has 3 aliphatic rings. The molecule has 1 N–H and O–H groups in total. The van der Waals surface area contributed by atoms with Gasteiger partial charge in [0.05, 0.1) is 30.9 Å². The fourth-order valence-corrected chi connectivity index (χ4v) is 6.42. The molecule has 3 aromatic rings. The van der Waals surface area contributed by atoms with Gasteiger partial charge < -0.3 is 14.8 Å². The lowest BCUT2D eigenvalue weighted by atomic mass is 9.87. The molecule has 2 aliphatic heterocycles. The summed E-state index contributed by atoms with van der Waals surface area (Å²) in [7, 11) is 0. The highest BCUT2D eigenvalue weighted by Gasteiger charge is 2.45. The molecule has 0 aromatic heterocycles. The molecule has 2 saturated heterocycles. The van der Waals surface area contributed by atoms with Gasteiger partial charge in [0, 0.05) is 30.9 Å². The van der Waals surface area contributed by atoms with Crippen LogP contribution in [0.4, 0.5) is 14.9 Å². The van der Waals surface area contributed by atoms with E-state index >= 15 is 0 Å². The molecule has 1 aliphatic carbocycles. The maximum Gasteiger partial charge on any atom is 0.338 e. The number of esters is 1. The van der Waals surface area contributed by atoms with E-state index in [0.717, 1.165) is 67.9 Å². The van der Waals surface area contributed by atoms with Crippen molar-refractivity contribution in [1.82, 2.24) is 10.2 Å². The Balaban J connectivity index is 1.11. The van der Waals surface area contributed by atoms with Crippen LogP contribution < -0.4 is 15.0 Å². The molecule has 0 radical (unpaired) electrons. The Morgan fingerprint density at radius 1 is 1.02 bits per heavy atom. The first-order valence-electron chi connectivity index (χ1n) is 16.0. The number of carbonyl (C=O) groups excluding carboxylic acids is 2. The van der Waals surface area contributed by atoms with E-state index in [-0.39, 0.29) is 23.4 Å². The minimum atomic E-state index is -0.332. The van der Waals surface area contributed by atoms with Crippen molar-refractivity contribution in [3.63, 3.8) is 0 Å². The predicted octanol–water partition coefficient (Wildman–Crippen LogP) is 7.29. The number of nitrogens with one attached hydrogen (secondary N) is 1. The summed E-state index contributed by atoms with van der Waals surface area (Å²) in [6.45, 7) is 8.15. The lowest BCUT2D eigenvalue weighted by molar-refractivity contribution is 0.0499. The largest absolute Gasteiger partial charge is 0.494 e. The van der Waals surface area contributed by atoms with Crippen LogP contribution in [0.15, 0.2) is 60.7 Å². The Morgan fingerprint density at radius 2 is 1.75 bits per heavy atom. The standard InChI is InChI=1S/C36H42FN3O4/c1-3-5-20-44-34(41)27-10-14-30(15-11-27)40-24-36(38-35(40)42)16-18-39(19-17-36)23-28-21-31(25-6-7-25)32(22-33(28)43-4-2)26-8-12-29(37)13-9-26/h8-15,21-22,25H,3-7,16-20,23-24H2,1-2H3,(H,38,42). The third-order valence-corrected chi connectivity index (χ3v) is 9.14. The molecule has 3 aromatic carbocycles. The number of carbonyl (C=O) groups is 2. The summed E-state index contributed by atoms with van der Waals surface area (Å²) in [5.41, 5.74) is 5.65. The summed E-state index contributed by atoms with van der Waals surface area (Å²) in [5, 5.41) is 3.28. The minimum absolute atomic E-state index is 0.0965. The molecule has 44 heavy (non-hydrogen) atoms. The molecule has 1 saturated carbocycles. The third kappa shape index (κ3) is 6.60. The van der Waals surface area contributed by atoms with E-state index in [4.69, 9.17) is 9.47 Å². The zero-order valence-electron chi connectivity index (χ0n) is 25.7. The molecule has 0 unspecified atom stereocenters. The van der Waals surface area contributed by atoms with Gasteiger partial charge in [-0.3, -0.25) is 9.80 Å². The van der Waals surface area contributed by atoms with Gasteiger partial charge in [-0.2, -0.15) is 0 Å². The van der Waals surface area contributed by atoms with Gasteiger partial charge in [-0.15, -0.1) is 0 Å². The lowest BCUT2D eigenvalue weighted by Crippen LogP contribution is -2.52. The van der Waals surface area contributed by atoms with Crippen LogP contribution in [0, 0.1) is 5.82 Å². The van der Waals surface area contributed by atoms with Crippen LogP contribution in [0.5, 0.6) is 5.75 Å². The summed E-state index contributed by atoms with van der Waals surface area (Å²) in [6, 6.07) is 18.2. The molecule has 6 rings (SSSR count). The van der Waals surface area contributed by atoms with Crippen LogP contribution in [0.3, 0.4) is 0 Å². The number of hydrogen-bond donors (Lipinski definition) is 1. The molecular weight excluding hydrogens is 557 g/mol. The van der Waals surface area contributed by atoms with E-state index in [9.17, 15) is 14.0 Å². The summed E-state index contributed by atoms with van der Waals surface area (Å²) < 4.78 is 25.1. The van der Waals surface area contributed by atoms with Crippen LogP contribution in [0.1, 0.15) is 79.8 Å². The minimum Gasteiger partial charge on any atom is -0.494 e. The number of likely N-dealkylation sites (tertiary alicyclic amines) is 1. The second kappa shape index (κ2) is 13.0. The van der Waals surface area contributed by atoms with E-state index < -0.39 is 0 Å². The van der Waals surface area contributed by atoms with Crippen LogP contribution in [0.25, 0.3) is 11.1 Å². The molecule has 2 heterocycles. The number of hydrogen-bond acceptors (Lipinski definition) is 5. The predicted molar refractivity (Wildman–Crippen MR) is 170 cm³/mol. The molecular formula is C36H42FN3O4. The van der Waals surface area contributed by atoms with Gasteiger partial charge in [0.15, 0.2) is 0 Å². The van der Waals surface area contributed by atoms with Crippen molar-refractivity contribution in [3.05, 3.63) is 83.2 Å². The summed E-state index contributed by atoms with van der Waals surface area (Å²) in [4.78, 5) is 29.6. The van der Waals surface area contributed by atoms with Crippen molar-refractivity contribution >= 4 is 17.7 Å². The highest BCUT2D eigenvalue weighted by atomic mass is 19.1. The smallest absolute Gasteiger partial charge is 0.338 e. The number of piperidine rings is 1. The van der Waals surface area contributed by atoms with Gasteiger partial charge in [-0.25, -0.2) is 14.0 Å². The van der Waals surface area contributed by atoms with Crippen LogP contribution in [-0.4, -0.2) is 55.3 Å². The van der Waals surface area contributed by atoms with E-state index in [1.165, 1.54) is 36.1 Å². The summed E-state index contributed by atoms with van der Waals surface area (Å²) >= 11 is 0. The summed E-state index contributed by atoms with van der Waals surface area (Å²) in [5.74, 6) is 0.858. The lowest BCUT2D eigenvalue weighted by Gasteiger charge is -2.39. The zero-order chi connectivity index (χ0) is 30.7. The average Bonchev–Trinajstić information content (AvgIpc) is 3.83. The molecule has 3 fully saturated rings. The Morgan fingerprint density at radius 3 is 2.41 bits per heavy atom. The number of urea groups is 1. The molecule has 7 nitrogen and oxygen atoms in total. The number of anilines is 1. The van der Waals surface area contributed by atoms with E-state index in [2.05, 4.69) is 29.3 Å². The van der Waals surface area contributed by atoms with Gasteiger partial charge >= 0.3 is 12.0 Å². The van der Waals surface area contributed by atoms with Gasteiger partial charge in [-0.05, 0) is 110 Å². The second-order valence-corrected chi connectivity index (χ2v) is 12.4. The molecule has 8 heteroatoms. The highest BCUT2D eigenvalue weighted by molar-refractivity contribution is 5.96. The summed E-state index contributed by atoms with van der Waals surface area (Å²) in [6.07, 6.45) is 5.87. The Kier molecular flexibility index (Phi) is 8.89. The third-order valence-electron chi connectivity index (χ3n) is 9.14. The second-order valence-electron chi connectivity index (χ2n) is 12.4. The van der Waals surface area contributed by atoms with Gasteiger partial charge in [0.25, 0.3) is 0 Å². The van der Waals surface area contributed by atoms with E-state index in [1.807, 2.05) is 31.2 Å². The normalized spacial score (nSPS) is 18.0. The van der Waals surface area contributed by atoms with Gasteiger partial charge in [0.2, 0.25) is 0 Å². The molecule has 0 atom stereocenters. The van der Waals surface area contributed by atoms with Crippen LogP contribution in [0.2, 0.25) is 0 Å². The van der Waals surface area contributed by atoms with Crippen molar-refractivity contribution in [2.75, 3.05) is 37.7 Å². The fraction of sp³-hybridized carbons (Fsp3) is 0.444. The highest BCUT2D eigenvalue weighted by Crippen LogP contribution is 2.47. The van der Waals surface area contributed by atoms with E-state index in [0.29, 0.717) is 31.2 Å². The molecule has 1 spiro atoms. The molecule has 0 bridgehead atoms. The first-order chi connectivity index (χ1) is 21.4. The first kappa shape index (κ1) is 30.1. The van der Waals surface area contributed by atoms with Crippen molar-refractivity contribution in [2.24, 2.45) is 0 Å². The Labute approximate surface area is 259 Å². The first-order valence-corrected chi connectivity index (χ1v) is 16.0. The van der Waals surface area contributed by atoms with Crippen molar-refractivity contribution in [3.8, 4) is 16.9 Å². The number of halogens is 1. The Bertz CT molecular complexity index is 1480. The SMILES string of the molecule is CCCCOC(=O)c1ccc(N2CC3(CCN(Cc4cc(C5CC5)c(-c5ccc(F)cc5)cc4OCC)CC3)NC2=O)cc1. The molecule has 232 valence electrons. The number of rotatable bonds is 11. The zero-order valence-corrected chi connectivity index (χ0v) is 25.7. The monoisotopic (exact) mass is 599 g/mol. The number of ether oxygens (including phenoxy) is 2. The maximum absolute atomic E-state index is 13.7. The maximum atomic E-state index is 13.7. The fourth-order valence-electron chi connectivity index (χ4n) is 6.42.